The van der Waals surface area contributed by atoms with E-state index in [9.17, 15) is 0 Å². The quantitative estimate of drug-likeness (QED) is 0.414. The van der Waals surface area contributed by atoms with Gasteiger partial charge in [-0.05, 0) is 131 Å². The molecule has 7 aliphatic carbocycles. The SMILES string of the molecule is CCC1CC23CC4(CC)C5C6C(C(C)C5(C)C5(C(C)CC25)C63CC)C4(C)CC(C)CC1C. The van der Waals surface area contributed by atoms with Crippen LogP contribution in [-0.4, -0.2) is 0 Å². The molecular weight excluding hydrogens is 384 g/mol. The molecule has 0 aromatic carbocycles. The van der Waals surface area contributed by atoms with Crippen molar-refractivity contribution >= 4 is 0 Å². The van der Waals surface area contributed by atoms with E-state index in [0.29, 0.717) is 32.5 Å². The Kier molecular flexibility index (Phi) is 3.68. The molecule has 0 amide bonds. The first-order valence-electron chi connectivity index (χ1n) is 15.1. The van der Waals surface area contributed by atoms with E-state index in [-0.39, 0.29) is 0 Å². The summed E-state index contributed by atoms with van der Waals surface area (Å²) in [5.74, 6) is 8.90. The van der Waals surface area contributed by atoms with Crippen molar-refractivity contribution in [3.05, 3.63) is 0 Å². The molecule has 32 heavy (non-hydrogen) atoms. The van der Waals surface area contributed by atoms with E-state index in [1.165, 1.54) is 32.1 Å². The van der Waals surface area contributed by atoms with Crippen LogP contribution >= 0.6 is 0 Å². The summed E-state index contributed by atoms with van der Waals surface area (Å²) in [6, 6.07) is 0. The topological polar surface area (TPSA) is 0 Å². The van der Waals surface area contributed by atoms with Gasteiger partial charge in [-0.25, -0.2) is 0 Å². The van der Waals surface area contributed by atoms with Crippen molar-refractivity contribution < 1.29 is 0 Å². The highest BCUT2D eigenvalue weighted by Gasteiger charge is 3.04. The molecule has 0 aromatic rings. The molecule has 180 valence electrons. The molecule has 0 radical (unpaired) electrons. The molecule has 0 N–H and O–H groups in total. The molecule has 0 saturated heterocycles. The van der Waals surface area contributed by atoms with Gasteiger partial charge in [0.1, 0.15) is 0 Å². The Hall–Kier alpha value is 0. The van der Waals surface area contributed by atoms with Crippen LogP contribution in [0.1, 0.15) is 114 Å². The van der Waals surface area contributed by atoms with Crippen molar-refractivity contribution in [2.24, 2.45) is 85.8 Å². The van der Waals surface area contributed by atoms with Gasteiger partial charge in [0.25, 0.3) is 0 Å². The van der Waals surface area contributed by atoms with Gasteiger partial charge < -0.3 is 0 Å². The molecule has 7 bridgehead atoms. The minimum Gasteiger partial charge on any atom is -0.0651 e. The third-order valence-electron chi connectivity index (χ3n) is 16.3. The normalized spacial score (nSPS) is 72.1. The molecule has 0 aromatic heterocycles. The largest absolute Gasteiger partial charge is 0.0651 e. The van der Waals surface area contributed by atoms with Gasteiger partial charge in [-0.1, -0.05) is 68.7 Å². The summed E-state index contributed by atoms with van der Waals surface area (Å²) in [6.07, 6.45) is 12.2. The van der Waals surface area contributed by atoms with Crippen molar-refractivity contribution in [1.29, 1.82) is 0 Å². The van der Waals surface area contributed by atoms with Crippen LogP contribution in [0.3, 0.4) is 0 Å². The van der Waals surface area contributed by atoms with Crippen LogP contribution in [-0.2, 0) is 0 Å². The smallest absolute Gasteiger partial charge is 0.0114 e. The summed E-state index contributed by atoms with van der Waals surface area (Å²) in [4.78, 5) is 0. The fourth-order valence-electron chi connectivity index (χ4n) is 16.7. The molecule has 7 rings (SSSR count). The van der Waals surface area contributed by atoms with E-state index in [4.69, 9.17) is 0 Å². The van der Waals surface area contributed by atoms with E-state index in [1.807, 2.05) is 0 Å². The Bertz CT molecular complexity index is 873. The first-order chi connectivity index (χ1) is 15.1. The molecule has 7 aliphatic rings. The first-order valence-corrected chi connectivity index (χ1v) is 15.1. The van der Waals surface area contributed by atoms with Crippen LogP contribution in [0.2, 0.25) is 0 Å². The molecule has 0 heterocycles. The highest BCUT2D eigenvalue weighted by molar-refractivity contribution is 5.50. The summed E-state index contributed by atoms with van der Waals surface area (Å²) in [5, 5.41) is 0. The predicted molar refractivity (Wildman–Crippen MR) is 134 cm³/mol. The molecule has 7 saturated carbocycles. The Balaban J connectivity index is 1.56. The van der Waals surface area contributed by atoms with Crippen molar-refractivity contribution in [1.82, 2.24) is 0 Å². The summed E-state index contributed by atoms with van der Waals surface area (Å²) in [7, 11) is 0. The van der Waals surface area contributed by atoms with Crippen LogP contribution in [0, 0.1) is 85.8 Å². The second-order valence-corrected chi connectivity index (χ2v) is 15.6. The van der Waals surface area contributed by atoms with E-state index >= 15 is 0 Å². The average Bonchev–Trinajstić information content (AvgIpc) is 3.14. The molecular formula is C32H52. The van der Waals surface area contributed by atoms with Crippen LogP contribution in [0.15, 0.2) is 0 Å². The summed E-state index contributed by atoms with van der Waals surface area (Å²) in [6.45, 7) is 24.4. The molecule has 0 aliphatic heterocycles. The fourth-order valence-corrected chi connectivity index (χ4v) is 16.7. The van der Waals surface area contributed by atoms with E-state index in [0.717, 1.165) is 53.3 Å². The maximum atomic E-state index is 2.90. The highest BCUT2D eigenvalue weighted by atomic mass is 15.1. The van der Waals surface area contributed by atoms with Crippen LogP contribution < -0.4 is 0 Å². The molecule has 0 nitrogen and oxygen atoms in total. The van der Waals surface area contributed by atoms with E-state index < -0.39 is 0 Å². The van der Waals surface area contributed by atoms with Gasteiger partial charge in [0, 0.05) is 0 Å². The van der Waals surface area contributed by atoms with Crippen molar-refractivity contribution in [3.63, 3.8) is 0 Å². The molecule has 2 spiro atoms. The van der Waals surface area contributed by atoms with Crippen LogP contribution in [0.25, 0.3) is 0 Å². The number of hydrogen-bond acceptors (Lipinski definition) is 0. The lowest BCUT2D eigenvalue weighted by Crippen LogP contribution is -2.84. The van der Waals surface area contributed by atoms with Gasteiger partial charge in [0.05, 0.1) is 0 Å². The fraction of sp³-hybridized carbons (Fsp3) is 1.00. The molecule has 15 unspecified atom stereocenters. The second kappa shape index (κ2) is 5.53. The Morgan fingerprint density at radius 2 is 1.56 bits per heavy atom. The van der Waals surface area contributed by atoms with E-state index in [1.54, 1.807) is 19.3 Å². The van der Waals surface area contributed by atoms with Crippen molar-refractivity contribution in [2.45, 2.75) is 114 Å². The number of fused-ring (bicyclic) bond motifs is 1. The van der Waals surface area contributed by atoms with Crippen LogP contribution in [0.5, 0.6) is 0 Å². The lowest BCUT2D eigenvalue weighted by atomic mass is 9.15. The van der Waals surface area contributed by atoms with Gasteiger partial charge in [-0.3, -0.25) is 0 Å². The zero-order valence-corrected chi connectivity index (χ0v) is 22.9. The third kappa shape index (κ3) is 1.45. The van der Waals surface area contributed by atoms with Gasteiger partial charge in [-0.15, -0.1) is 0 Å². The molecule has 0 heteroatoms. The Morgan fingerprint density at radius 1 is 0.844 bits per heavy atom. The third-order valence-corrected chi connectivity index (χ3v) is 16.3. The number of rotatable bonds is 3. The van der Waals surface area contributed by atoms with Crippen molar-refractivity contribution in [3.8, 4) is 0 Å². The van der Waals surface area contributed by atoms with Crippen LogP contribution in [0.4, 0.5) is 0 Å². The zero-order chi connectivity index (χ0) is 22.9. The lowest BCUT2D eigenvalue weighted by molar-refractivity contribution is -0.418. The average molecular weight is 437 g/mol. The van der Waals surface area contributed by atoms with Gasteiger partial charge in [0.15, 0.2) is 0 Å². The summed E-state index contributed by atoms with van der Waals surface area (Å²) in [5.41, 5.74) is 3.94. The minimum atomic E-state index is 0.588. The Labute approximate surface area is 199 Å². The van der Waals surface area contributed by atoms with Gasteiger partial charge >= 0.3 is 0 Å². The van der Waals surface area contributed by atoms with Crippen molar-refractivity contribution in [2.75, 3.05) is 0 Å². The van der Waals surface area contributed by atoms with E-state index in [2.05, 4.69) is 62.3 Å². The highest BCUT2D eigenvalue weighted by Crippen LogP contribution is 3.08. The second-order valence-electron chi connectivity index (χ2n) is 15.6. The molecule has 15 atom stereocenters. The maximum absolute atomic E-state index is 2.90. The standard InChI is InChI=1S/C32H52/c1-10-22-16-30-17-29(11-2)26-25-24(27(29,8)15-18(4)13-19(22)5)21(7)28(26,9)32(31(25,30)12-3)20(6)14-23(30)32/h18-26H,10-17H2,1-9H3. The molecule has 7 fully saturated rings. The summed E-state index contributed by atoms with van der Waals surface area (Å²) < 4.78 is 0. The maximum Gasteiger partial charge on any atom is -0.0114 e. The zero-order valence-electron chi connectivity index (χ0n) is 22.9. The monoisotopic (exact) mass is 436 g/mol. The van der Waals surface area contributed by atoms with Gasteiger partial charge in [0.2, 0.25) is 0 Å². The first kappa shape index (κ1) is 21.3. The predicted octanol–water partition coefficient (Wildman–Crippen LogP) is 8.85. The number of hydrogen-bond donors (Lipinski definition) is 0. The Morgan fingerprint density at radius 3 is 2.16 bits per heavy atom. The van der Waals surface area contributed by atoms with Gasteiger partial charge in [-0.2, -0.15) is 0 Å². The lowest BCUT2D eigenvalue weighted by Gasteiger charge is -2.89. The minimum absolute atomic E-state index is 0.588. The summed E-state index contributed by atoms with van der Waals surface area (Å²) >= 11 is 0.